The molecule has 0 unspecified atom stereocenters. The van der Waals surface area contributed by atoms with Gasteiger partial charge in [0.15, 0.2) is 0 Å². The lowest BCUT2D eigenvalue weighted by atomic mass is 10.2. The first-order chi connectivity index (χ1) is 9.45. The first-order valence-corrected chi connectivity index (χ1v) is 5.66. The van der Waals surface area contributed by atoms with Crippen LogP contribution in [0.5, 0.6) is 0 Å². The van der Waals surface area contributed by atoms with Crippen LogP contribution in [0.25, 0.3) is 0 Å². The van der Waals surface area contributed by atoms with Crippen LogP contribution in [0.4, 0.5) is 18.9 Å². The summed E-state index contributed by atoms with van der Waals surface area (Å²) in [6.07, 6.45) is -2.79. The number of anilines is 1. The molecule has 4 nitrogen and oxygen atoms in total. The maximum absolute atomic E-state index is 13.0. The van der Waals surface area contributed by atoms with E-state index in [4.69, 9.17) is 0 Å². The lowest BCUT2D eigenvalue weighted by molar-refractivity contribution is 0.102. The Kier molecular flexibility index (Phi) is 3.97. The molecule has 2 rings (SSSR count). The number of carbonyl (C=O) groups is 1. The molecule has 20 heavy (non-hydrogen) atoms. The van der Waals surface area contributed by atoms with E-state index in [2.05, 4.69) is 15.3 Å². The molecule has 2 aromatic rings. The summed E-state index contributed by atoms with van der Waals surface area (Å²) in [7, 11) is 0. The minimum Gasteiger partial charge on any atom is -0.321 e. The second-order valence-electron chi connectivity index (χ2n) is 3.99. The average molecular weight is 281 g/mol. The quantitative estimate of drug-likeness (QED) is 0.940. The molecule has 0 radical (unpaired) electrons. The largest absolute Gasteiger partial charge is 0.321 e. The van der Waals surface area contributed by atoms with Crippen LogP contribution in [0, 0.1) is 12.7 Å². The topological polar surface area (TPSA) is 54.9 Å². The highest BCUT2D eigenvalue weighted by Crippen LogP contribution is 2.18. The Hall–Kier alpha value is -2.44. The molecule has 1 aromatic carbocycles. The fraction of sp³-hybridized carbons (Fsp3) is 0.154. The van der Waals surface area contributed by atoms with Crippen molar-refractivity contribution < 1.29 is 18.0 Å². The van der Waals surface area contributed by atoms with E-state index in [0.29, 0.717) is 0 Å². The fourth-order valence-corrected chi connectivity index (χ4v) is 1.58. The Morgan fingerprint density at radius 3 is 2.65 bits per heavy atom. The van der Waals surface area contributed by atoms with Crippen LogP contribution in [0.1, 0.15) is 28.4 Å². The summed E-state index contributed by atoms with van der Waals surface area (Å²) >= 11 is 0. The maximum atomic E-state index is 13.0. The number of carbonyl (C=O) groups excluding carboxylic acids is 1. The number of nitrogens with one attached hydrogen (secondary N) is 1. The molecule has 7 heteroatoms. The molecule has 0 bridgehead atoms. The molecule has 0 saturated heterocycles. The van der Waals surface area contributed by atoms with Crippen molar-refractivity contribution >= 4 is 11.6 Å². The van der Waals surface area contributed by atoms with Crippen LogP contribution in [0.3, 0.4) is 0 Å². The average Bonchev–Trinajstić information content (AvgIpc) is 2.37. The number of benzene rings is 1. The number of hydrogen-bond acceptors (Lipinski definition) is 3. The zero-order valence-corrected chi connectivity index (χ0v) is 10.4. The van der Waals surface area contributed by atoms with E-state index in [0.717, 1.165) is 12.1 Å². The summed E-state index contributed by atoms with van der Waals surface area (Å²) in [6.45, 7) is 1.41. The summed E-state index contributed by atoms with van der Waals surface area (Å²) < 4.78 is 38.2. The van der Waals surface area contributed by atoms with Gasteiger partial charge in [0, 0.05) is 5.69 Å². The zero-order valence-electron chi connectivity index (χ0n) is 10.4. The molecule has 0 atom stereocenters. The monoisotopic (exact) mass is 281 g/mol. The van der Waals surface area contributed by atoms with Crippen molar-refractivity contribution in [3.8, 4) is 0 Å². The van der Waals surface area contributed by atoms with E-state index in [1.54, 1.807) is 0 Å². The Balaban J connectivity index is 2.25. The number of alkyl halides is 2. The molecule has 1 aromatic heterocycles. The van der Waals surface area contributed by atoms with Crippen molar-refractivity contribution in [1.82, 2.24) is 9.97 Å². The van der Waals surface area contributed by atoms with Gasteiger partial charge in [-0.1, -0.05) is 6.07 Å². The Morgan fingerprint density at radius 1 is 1.25 bits per heavy atom. The van der Waals surface area contributed by atoms with Crippen LogP contribution in [0.15, 0.2) is 30.3 Å². The molecular formula is C13H10F3N3O. The van der Waals surface area contributed by atoms with Gasteiger partial charge in [0.1, 0.15) is 23.0 Å². The zero-order chi connectivity index (χ0) is 14.7. The molecule has 1 N–H and O–H groups in total. The van der Waals surface area contributed by atoms with E-state index in [1.165, 1.54) is 25.1 Å². The summed E-state index contributed by atoms with van der Waals surface area (Å²) in [5.74, 6) is -1.16. The number of aryl methyl sites for hydroxylation is 1. The van der Waals surface area contributed by atoms with Crippen molar-refractivity contribution in [3.63, 3.8) is 0 Å². The highest BCUT2D eigenvalue weighted by molar-refractivity contribution is 6.02. The van der Waals surface area contributed by atoms with Crippen LogP contribution in [0.2, 0.25) is 0 Å². The van der Waals surface area contributed by atoms with Crippen molar-refractivity contribution in [2.75, 3.05) is 5.32 Å². The van der Waals surface area contributed by atoms with Gasteiger partial charge in [-0.15, -0.1) is 0 Å². The van der Waals surface area contributed by atoms with Crippen molar-refractivity contribution in [2.24, 2.45) is 0 Å². The summed E-state index contributed by atoms with van der Waals surface area (Å²) in [5.41, 5.74) is -0.510. The lowest BCUT2D eigenvalue weighted by Gasteiger charge is -2.07. The lowest BCUT2D eigenvalue weighted by Crippen LogP contribution is -2.15. The second-order valence-corrected chi connectivity index (χ2v) is 3.99. The SMILES string of the molecule is Cc1nc(C(=O)Nc2cccc(F)c2)cc(C(F)F)n1. The number of nitrogens with zero attached hydrogens (tertiary/aromatic N) is 2. The molecular weight excluding hydrogens is 271 g/mol. The molecule has 0 spiro atoms. The number of amides is 1. The Bertz CT molecular complexity index is 647. The van der Waals surface area contributed by atoms with Crippen LogP contribution >= 0.6 is 0 Å². The first-order valence-electron chi connectivity index (χ1n) is 5.66. The predicted octanol–water partition coefficient (Wildman–Crippen LogP) is 3.11. The summed E-state index contributed by atoms with van der Waals surface area (Å²) in [6, 6.07) is 6.13. The first kappa shape index (κ1) is 14.0. The van der Waals surface area contributed by atoms with Crippen LogP contribution in [-0.4, -0.2) is 15.9 Å². The van der Waals surface area contributed by atoms with Crippen molar-refractivity contribution in [2.45, 2.75) is 13.3 Å². The Labute approximate surface area is 112 Å². The summed E-state index contributed by atoms with van der Waals surface area (Å²) in [5, 5.41) is 2.38. The highest BCUT2D eigenvalue weighted by atomic mass is 19.3. The molecule has 0 aliphatic carbocycles. The normalized spacial score (nSPS) is 10.7. The van der Waals surface area contributed by atoms with Crippen LogP contribution in [-0.2, 0) is 0 Å². The number of hydrogen-bond donors (Lipinski definition) is 1. The third-order valence-electron chi connectivity index (χ3n) is 2.40. The third kappa shape index (κ3) is 3.31. The second kappa shape index (κ2) is 5.68. The van der Waals surface area contributed by atoms with Gasteiger partial charge in [-0.05, 0) is 31.2 Å². The third-order valence-corrected chi connectivity index (χ3v) is 2.40. The smallest absolute Gasteiger partial charge is 0.280 e. The number of aromatic nitrogens is 2. The maximum Gasteiger partial charge on any atom is 0.280 e. The van der Waals surface area contributed by atoms with Crippen molar-refractivity contribution in [3.05, 3.63) is 53.4 Å². The van der Waals surface area contributed by atoms with Crippen molar-refractivity contribution in [1.29, 1.82) is 0 Å². The Morgan fingerprint density at radius 2 is 2.00 bits per heavy atom. The van der Waals surface area contributed by atoms with Crippen LogP contribution < -0.4 is 5.32 Å². The molecule has 0 aliphatic rings. The van der Waals surface area contributed by atoms with E-state index < -0.39 is 23.8 Å². The van der Waals surface area contributed by atoms with E-state index in [-0.39, 0.29) is 17.2 Å². The van der Waals surface area contributed by atoms with Gasteiger partial charge < -0.3 is 5.32 Å². The molecule has 0 saturated carbocycles. The highest BCUT2D eigenvalue weighted by Gasteiger charge is 2.16. The van der Waals surface area contributed by atoms with Gasteiger partial charge in [-0.3, -0.25) is 4.79 Å². The van der Waals surface area contributed by atoms with E-state index >= 15 is 0 Å². The molecule has 104 valence electrons. The molecule has 1 heterocycles. The van der Waals surface area contributed by atoms with Gasteiger partial charge >= 0.3 is 0 Å². The molecule has 1 amide bonds. The predicted molar refractivity (Wildman–Crippen MR) is 66.1 cm³/mol. The standard InChI is InChI=1S/C13H10F3N3O/c1-7-17-10(12(15)16)6-11(18-7)13(20)19-9-4-2-3-8(14)5-9/h2-6,12H,1H3,(H,19,20). The molecule has 0 fully saturated rings. The van der Waals surface area contributed by atoms with Gasteiger partial charge in [0.05, 0.1) is 0 Å². The summed E-state index contributed by atoms with van der Waals surface area (Å²) in [4.78, 5) is 19.2. The van der Waals surface area contributed by atoms with Gasteiger partial charge in [0.2, 0.25) is 0 Å². The minimum absolute atomic E-state index is 0.0622. The van der Waals surface area contributed by atoms with E-state index in [9.17, 15) is 18.0 Å². The van der Waals surface area contributed by atoms with Gasteiger partial charge in [-0.2, -0.15) is 0 Å². The van der Waals surface area contributed by atoms with Gasteiger partial charge in [-0.25, -0.2) is 23.1 Å². The number of halogens is 3. The van der Waals surface area contributed by atoms with Gasteiger partial charge in [0.25, 0.3) is 12.3 Å². The number of rotatable bonds is 3. The minimum atomic E-state index is -2.79. The molecule has 0 aliphatic heterocycles. The van der Waals surface area contributed by atoms with E-state index in [1.807, 2.05) is 0 Å². The fourth-order valence-electron chi connectivity index (χ4n) is 1.58.